The van der Waals surface area contributed by atoms with Crippen molar-refractivity contribution in [3.05, 3.63) is 0 Å². The van der Waals surface area contributed by atoms with Gasteiger partial charge in [-0.3, -0.25) is 9.59 Å². The first-order valence-electron chi connectivity index (χ1n) is 7.08. The van der Waals surface area contributed by atoms with Gasteiger partial charge < -0.3 is 25.3 Å². The number of hydrogen-bond donors (Lipinski definition) is 2. The monoisotopic (exact) mass is 318 g/mol. The topological polar surface area (TPSA) is 117 Å². The van der Waals surface area contributed by atoms with Gasteiger partial charge in [-0.15, -0.1) is 0 Å². The van der Waals surface area contributed by atoms with E-state index in [1.54, 1.807) is 20.8 Å². The molecule has 0 rings (SSSR count). The summed E-state index contributed by atoms with van der Waals surface area (Å²) in [5, 5.41) is 2.61. The van der Waals surface area contributed by atoms with E-state index in [2.05, 4.69) is 5.32 Å². The van der Waals surface area contributed by atoms with E-state index in [1.807, 2.05) is 0 Å². The SMILES string of the molecule is CC(=O)NCCCOC[C@H](N)C(=O)OCC(=O)OC(C)(C)C. The number of rotatable bonds is 9. The first-order valence-corrected chi connectivity index (χ1v) is 7.08. The van der Waals surface area contributed by atoms with Gasteiger partial charge in [-0.05, 0) is 27.2 Å². The van der Waals surface area contributed by atoms with Crippen molar-refractivity contribution >= 4 is 17.8 Å². The molecule has 0 saturated heterocycles. The molecule has 0 fully saturated rings. The lowest BCUT2D eigenvalue weighted by molar-refractivity contribution is -0.167. The minimum absolute atomic E-state index is 0.0206. The van der Waals surface area contributed by atoms with E-state index in [4.69, 9.17) is 19.9 Å². The summed E-state index contributed by atoms with van der Waals surface area (Å²) >= 11 is 0. The Bertz CT molecular complexity index is 378. The quantitative estimate of drug-likeness (QED) is 0.444. The highest BCUT2D eigenvalue weighted by atomic mass is 16.6. The summed E-state index contributed by atoms with van der Waals surface area (Å²) in [7, 11) is 0. The fraction of sp³-hybridized carbons (Fsp3) is 0.786. The van der Waals surface area contributed by atoms with Crippen LogP contribution in [-0.4, -0.2) is 55.9 Å². The molecule has 1 amide bonds. The zero-order chi connectivity index (χ0) is 17.2. The number of carbonyl (C=O) groups is 3. The smallest absolute Gasteiger partial charge is 0.344 e. The second-order valence-corrected chi connectivity index (χ2v) is 5.71. The highest BCUT2D eigenvalue weighted by Crippen LogP contribution is 2.06. The van der Waals surface area contributed by atoms with Crippen molar-refractivity contribution in [2.45, 2.75) is 45.8 Å². The molecule has 0 aliphatic carbocycles. The summed E-state index contributed by atoms with van der Waals surface area (Å²) in [4.78, 5) is 33.5. The Hall–Kier alpha value is -1.67. The van der Waals surface area contributed by atoms with Gasteiger partial charge in [-0.1, -0.05) is 0 Å². The van der Waals surface area contributed by atoms with Crippen LogP contribution in [0.1, 0.15) is 34.1 Å². The van der Waals surface area contributed by atoms with Crippen molar-refractivity contribution < 1.29 is 28.6 Å². The normalized spacial score (nSPS) is 12.4. The van der Waals surface area contributed by atoms with Crippen molar-refractivity contribution in [3.8, 4) is 0 Å². The average molecular weight is 318 g/mol. The van der Waals surface area contributed by atoms with Crippen LogP contribution in [0.5, 0.6) is 0 Å². The van der Waals surface area contributed by atoms with Crippen molar-refractivity contribution in [1.29, 1.82) is 0 Å². The van der Waals surface area contributed by atoms with Gasteiger partial charge in [0.05, 0.1) is 6.61 Å². The Labute approximate surface area is 130 Å². The third-order valence-corrected chi connectivity index (χ3v) is 2.19. The third-order valence-electron chi connectivity index (χ3n) is 2.19. The van der Waals surface area contributed by atoms with Crippen LogP contribution in [0.4, 0.5) is 0 Å². The third kappa shape index (κ3) is 12.1. The van der Waals surface area contributed by atoms with E-state index >= 15 is 0 Å². The van der Waals surface area contributed by atoms with Crippen LogP contribution in [0.25, 0.3) is 0 Å². The summed E-state index contributed by atoms with van der Waals surface area (Å²) in [5.41, 5.74) is 4.94. The van der Waals surface area contributed by atoms with Crippen LogP contribution in [0, 0.1) is 0 Å². The minimum atomic E-state index is -0.969. The number of esters is 2. The second kappa shape index (κ2) is 10.1. The molecule has 0 bridgehead atoms. The number of nitrogens with two attached hydrogens (primary N) is 1. The molecule has 0 radical (unpaired) electrons. The first-order chi connectivity index (χ1) is 10.1. The van der Waals surface area contributed by atoms with Crippen molar-refractivity contribution in [3.63, 3.8) is 0 Å². The predicted octanol–water partition coefficient (Wildman–Crippen LogP) is -0.259. The zero-order valence-electron chi connectivity index (χ0n) is 13.6. The Morgan fingerprint density at radius 2 is 1.86 bits per heavy atom. The second-order valence-electron chi connectivity index (χ2n) is 5.71. The Morgan fingerprint density at radius 1 is 1.23 bits per heavy atom. The van der Waals surface area contributed by atoms with Gasteiger partial charge >= 0.3 is 11.9 Å². The molecule has 0 aromatic carbocycles. The lowest BCUT2D eigenvalue weighted by atomic mass is 10.2. The molecular formula is C14H26N2O6. The summed E-state index contributed by atoms with van der Waals surface area (Å²) in [6, 6.07) is -0.969. The van der Waals surface area contributed by atoms with Crippen molar-refractivity contribution in [2.75, 3.05) is 26.4 Å². The average Bonchev–Trinajstić information content (AvgIpc) is 2.37. The molecule has 3 N–H and O–H groups in total. The maximum atomic E-state index is 11.5. The molecule has 0 aliphatic rings. The molecule has 8 nitrogen and oxygen atoms in total. The highest BCUT2D eigenvalue weighted by Gasteiger charge is 2.20. The summed E-state index contributed by atoms with van der Waals surface area (Å²) in [6.07, 6.45) is 0.610. The van der Waals surface area contributed by atoms with Crippen LogP contribution in [0.15, 0.2) is 0 Å². The Kier molecular flexibility index (Phi) is 9.35. The zero-order valence-corrected chi connectivity index (χ0v) is 13.6. The largest absolute Gasteiger partial charge is 0.457 e. The van der Waals surface area contributed by atoms with Crippen LogP contribution in [0.2, 0.25) is 0 Å². The molecule has 22 heavy (non-hydrogen) atoms. The first kappa shape index (κ1) is 20.3. The molecule has 0 aromatic heterocycles. The van der Waals surface area contributed by atoms with Crippen LogP contribution in [-0.2, 0) is 28.6 Å². The van der Waals surface area contributed by atoms with Crippen LogP contribution < -0.4 is 11.1 Å². The summed E-state index contributed by atoms with van der Waals surface area (Å²) < 4.78 is 14.9. The molecule has 1 atom stereocenters. The molecule has 0 aliphatic heterocycles. The molecule has 8 heteroatoms. The Morgan fingerprint density at radius 3 is 2.41 bits per heavy atom. The van der Waals surface area contributed by atoms with E-state index in [1.165, 1.54) is 6.92 Å². The molecule has 0 saturated carbocycles. The van der Waals surface area contributed by atoms with E-state index < -0.39 is 30.2 Å². The summed E-state index contributed by atoms with van der Waals surface area (Å²) in [6.45, 7) is 6.92. The fourth-order valence-electron chi connectivity index (χ4n) is 1.33. The van der Waals surface area contributed by atoms with Crippen LogP contribution in [0.3, 0.4) is 0 Å². The molecule has 128 valence electrons. The van der Waals surface area contributed by atoms with Gasteiger partial charge in [0.2, 0.25) is 5.91 Å². The molecule has 0 spiro atoms. The van der Waals surface area contributed by atoms with Crippen LogP contribution >= 0.6 is 0 Å². The minimum Gasteiger partial charge on any atom is -0.457 e. The van der Waals surface area contributed by atoms with E-state index in [9.17, 15) is 14.4 Å². The number of nitrogens with one attached hydrogen (secondary N) is 1. The maximum absolute atomic E-state index is 11.5. The lowest BCUT2D eigenvalue weighted by Gasteiger charge is -2.19. The maximum Gasteiger partial charge on any atom is 0.344 e. The Balaban J connectivity index is 3.75. The van der Waals surface area contributed by atoms with E-state index in [0.717, 1.165) is 0 Å². The predicted molar refractivity (Wildman–Crippen MR) is 78.9 cm³/mol. The summed E-state index contributed by atoms with van der Waals surface area (Å²) in [5.74, 6) is -1.47. The van der Waals surface area contributed by atoms with Gasteiger partial charge in [0, 0.05) is 20.1 Å². The molecule has 0 unspecified atom stereocenters. The highest BCUT2D eigenvalue weighted by molar-refractivity contribution is 5.79. The number of ether oxygens (including phenoxy) is 3. The van der Waals surface area contributed by atoms with Gasteiger partial charge in [0.1, 0.15) is 11.6 Å². The van der Waals surface area contributed by atoms with Gasteiger partial charge in [-0.2, -0.15) is 0 Å². The molecular weight excluding hydrogens is 292 g/mol. The lowest BCUT2D eigenvalue weighted by Crippen LogP contribution is -2.38. The van der Waals surface area contributed by atoms with Crippen molar-refractivity contribution in [2.24, 2.45) is 5.73 Å². The number of hydrogen-bond acceptors (Lipinski definition) is 7. The van der Waals surface area contributed by atoms with Gasteiger partial charge in [0.25, 0.3) is 0 Å². The molecule has 0 aromatic rings. The number of amides is 1. The van der Waals surface area contributed by atoms with E-state index in [0.29, 0.717) is 19.6 Å². The standard InChI is InChI=1S/C14H26N2O6/c1-10(17)16-6-5-7-20-8-11(15)13(19)21-9-12(18)22-14(2,3)4/h11H,5-9,15H2,1-4H3,(H,16,17)/t11-/m0/s1. The molecule has 0 heterocycles. The van der Waals surface area contributed by atoms with Crippen molar-refractivity contribution in [1.82, 2.24) is 5.32 Å². The van der Waals surface area contributed by atoms with E-state index in [-0.39, 0.29) is 12.5 Å². The van der Waals surface area contributed by atoms with Gasteiger partial charge in [-0.25, -0.2) is 4.79 Å². The number of carbonyl (C=O) groups excluding carboxylic acids is 3. The fourth-order valence-corrected chi connectivity index (χ4v) is 1.33. The van der Waals surface area contributed by atoms with Gasteiger partial charge in [0.15, 0.2) is 6.61 Å².